The van der Waals surface area contributed by atoms with Crippen LogP contribution in [0.4, 0.5) is 11.8 Å². The SMILES string of the molecule is Nc1nc(N2CCN(C(=O)CCCCc3ccccc3)CC2)cc(=O)[nH]1. The van der Waals surface area contributed by atoms with Crippen LogP contribution in [0.2, 0.25) is 0 Å². The van der Waals surface area contributed by atoms with Crippen LogP contribution in [-0.4, -0.2) is 47.0 Å². The molecule has 26 heavy (non-hydrogen) atoms. The third-order valence-corrected chi connectivity index (χ3v) is 4.65. The van der Waals surface area contributed by atoms with Crippen LogP contribution in [0.1, 0.15) is 24.8 Å². The van der Waals surface area contributed by atoms with E-state index in [1.165, 1.54) is 11.6 Å². The minimum atomic E-state index is -0.260. The van der Waals surface area contributed by atoms with Gasteiger partial charge in [0.05, 0.1) is 0 Å². The largest absolute Gasteiger partial charge is 0.369 e. The molecule has 2 aromatic rings. The summed E-state index contributed by atoms with van der Waals surface area (Å²) in [5.41, 5.74) is 6.65. The Hall–Kier alpha value is -2.83. The molecular weight excluding hydrogens is 330 g/mol. The number of H-pyrrole nitrogens is 1. The number of benzene rings is 1. The summed E-state index contributed by atoms with van der Waals surface area (Å²) in [5.74, 6) is 0.890. The Balaban J connectivity index is 1.41. The minimum absolute atomic E-state index is 0.115. The highest BCUT2D eigenvalue weighted by Crippen LogP contribution is 2.14. The fourth-order valence-corrected chi connectivity index (χ4v) is 3.22. The second-order valence-electron chi connectivity index (χ2n) is 6.55. The zero-order chi connectivity index (χ0) is 18.4. The van der Waals surface area contributed by atoms with Crippen LogP contribution in [0.15, 0.2) is 41.2 Å². The van der Waals surface area contributed by atoms with Gasteiger partial charge in [-0.3, -0.25) is 14.6 Å². The van der Waals surface area contributed by atoms with Crippen molar-refractivity contribution in [3.05, 3.63) is 52.3 Å². The topological polar surface area (TPSA) is 95.3 Å². The molecule has 7 heteroatoms. The smallest absolute Gasteiger partial charge is 0.254 e. The lowest BCUT2D eigenvalue weighted by molar-refractivity contribution is -0.131. The number of unbranched alkanes of at least 4 members (excludes halogenated alkanes) is 1. The third-order valence-electron chi connectivity index (χ3n) is 4.65. The Bertz CT molecular complexity index is 782. The van der Waals surface area contributed by atoms with E-state index in [4.69, 9.17) is 5.73 Å². The summed E-state index contributed by atoms with van der Waals surface area (Å²) in [7, 11) is 0. The molecule has 3 N–H and O–H groups in total. The Morgan fingerprint density at radius 1 is 1.12 bits per heavy atom. The van der Waals surface area contributed by atoms with Crippen LogP contribution in [0.25, 0.3) is 0 Å². The zero-order valence-corrected chi connectivity index (χ0v) is 14.9. The van der Waals surface area contributed by atoms with Gasteiger partial charge in [0.2, 0.25) is 11.9 Å². The maximum Gasteiger partial charge on any atom is 0.254 e. The highest BCUT2D eigenvalue weighted by atomic mass is 16.2. The summed E-state index contributed by atoms with van der Waals surface area (Å²) in [6.07, 6.45) is 3.52. The molecule has 1 saturated heterocycles. The van der Waals surface area contributed by atoms with E-state index in [0.29, 0.717) is 38.4 Å². The van der Waals surface area contributed by atoms with Gasteiger partial charge in [-0.15, -0.1) is 0 Å². The molecule has 2 heterocycles. The molecule has 1 amide bonds. The van der Waals surface area contributed by atoms with Crippen molar-refractivity contribution in [1.82, 2.24) is 14.9 Å². The average molecular weight is 355 g/mol. The van der Waals surface area contributed by atoms with Crippen molar-refractivity contribution in [2.45, 2.75) is 25.7 Å². The number of piperazine rings is 1. The van der Waals surface area contributed by atoms with E-state index in [0.717, 1.165) is 19.3 Å². The number of nitrogen functional groups attached to an aromatic ring is 1. The fourth-order valence-electron chi connectivity index (χ4n) is 3.22. The van der Waals surface area contributed by atoms with Gasteiger partial charge in [-0.1, -0.05) is 30.3 Å². The predicted octanol–water partition coefficient (Wildman–Crippen LogP) is 1.41. The monoisotopic (exact) mass is 355 g/mol. The lowest BCUT2D eigenvalue weighted by Crippen LogP contribution is -2.49. The first-order valence-electron chi connectivity index (χ1n) is 9.05. The zero-order valence-electron chi connectivity index (χ0n) is 14.9. The number of nitrogens with one attached hydrogen (secondary N) is 1. The average Bonchev–Trinajstić information content (AvgIpc) is 2.65. The summed E-state index contributed by atoms with van der Waals surface area (Å²) in [6, 6.07) is 11.8. The van der Waals surface area contributed by atoms with Crippen LogP contribution in [0, 0.1) is 0 Å². The maximum atomic E-state index is 12.4. The number of aryl methyl sites for hydroxylation is 1. The minimum Gasteiger partial charge on any atom is -0.369 e. The van der Waals surface area contributed by atoms with Gasteiger partial charge in [0, 0.05) is 38.7 Å². The Morgan fingerprint density at radius 2 is 1.85 bits per heavy atom. The third kappa shape index (κ3) is 4.84. The molecule has 3 rings (SSSR count). The number of hydrogen-bond donors (Lipinski definition) is 2. The van der Waals surface area contributed by atoms with Crippen molar-refractivity contribution in [3.8, 4) is 0 Å². The molecule has 0 bridgehead atoms. The van der Waals surface area contributed by atoms with Crippen LogP contribution in [0.5, 0.6) is 0 Å². The molecule has 0 saturated carbocycles. The van der Waals surface area contributed by atoms with E-state index in [1.54, 1.807) is 0 Å². The lowest BCUT2D eigenvalue weighted by atomic mass is 10.1. The molecule has 138 valence electrons. The van der Waals surface area contributed by atoms with Crippen molar-refractivity contribution in [2.24, 2.45) is 0 Å². The van der Waals surface area contributed by atoms with Gasteiger partial charge in [0.25, 0.3) is 5.56 Å². The van der Waals surface area contributed by atoms with Gasteiger partial charge in [0.1, 0.15) is 5.82 Å². The molecule has 7 nitrogen and oxygen atoms in total. The van der Waals surface area contributed by atoms with E-state index in [2.05, 4.69) is 22.1 Å². The van der Waals surface area contributed by atoms with Gasteiger partial charge in [-0.25, -0.2) is 0 Å². The maximum absolute atomic E-state index is 12.4. The quantitative estimate of drug-likeness (QED) is 0.764. The van der Waals surface area contributed by atoms with E-state index in [-0.39, 0.29) is 17.4 Å². The number of rotatable bonds is 6. The van der Waals surface area contributed by atoms with E-state index >= 15 is 0 Å². The van der Waals surface area contributed by atoms with Gasteiger partial charge < -0.3 is 15.5 Å². The number of carbonyl (C=O) groups is 1. The number of anilines is 2. The second kappa shape index (κ2) is 8.51. The molecule has 0 atom stereocenters. The lowest BCUT2D eigenvalue weighted by Gasteiger charge is -2.35. The second-order valence-corrected chi connectivity index (χ2v) is 6.55. The molecule has 0 spiro atoms. The molecule has 0 unspecified atom stereocenters. The van der Waals surface area contributed by atoms with Crippen LogP contribution in [0.3, 0.4) is 0 Å². The first-order chi connectivity index (χ1) is 12.6. The first-order valence-corrected chi connectivity index (χ1v) is 9.05. The van der Waals surface area contributed by atoms with Crippen molar-refractivity contribution in [1.29, 1.82) is 0 Å². The number of amides is 1. The van der Waals surface area contributed by atoms with Crippen molar-refractivity contribution in [3.63, 3.8) is 0 Å². The van der Waals surface area contributed by atoms with Gasteiger partial charge >= 0.3 is 0 Å². The van der Waals surface area contributed by atoms with E-state index in [1.807, 2.05) is 28.0 Å². The number of aromatic amines is 1. The summed E-state index contributed by atoms with van der Waals surface area (Å²) in [4.78, 5) is 34.4. The van der Waals surface area contributed by atoms with Crippen molar-refractivity contribution >= 4 is 17.7 Å². The highest BCUT2D eigenvalue weighted by molar-refractivity contribution is 5.76. The Morgan fingerprint density at radius 3 is 2.54 bits per heavy atom. The van der Waals surface area contributed by atoms with Crippen molar-refractivity contribution in [2.75, 3.05) is 36.8 Å². The Kier molecular flexibility index (Phi) is 5.88. The van der Waals surface area contributed by atoms with Crippen LogP contribution >= 0.6 is 0 Å². The molecule has 0 radical (unpaired) electrons. The number of carbonyl (C=O) groups excluding carboxylic acids is 1. The molecule has 1 aliphatic heterocycles. The van der Waals surface area contributed by atoms with Crippen LogP contribution < -0.4 is 16.2 Å². The molecule has 1 aromatic heterocycles. The van der Waals surface area contributed by atoms with Gasteiger partial charge in [-0.2, -0.15) is 4.98 Å². The number of hydrogen-bond acceptors (Lipinski definition) is 5. The predicted molar refractivity (Wildman–Crippen MR) is 102 cm³/mol. The summed E-state index contributed by atoms with van der Waals surface area (Å²) in [5, 5.41) is 0. The number of nitrogens with two attached hydrogens (primary N) is 1. The number of aromatic nitrogens is 2. The number of nitrogens with zero attached hydrogens (tertiary/aromatic N) is 3. The van der Waals surface area contributed by atoms with E-state index in [9.17, 15) is 9.59 Å². The fraction of sp³-hybridized carbons (Fsp3) is 0.421. The Labute approximate surface area is 152 Å². The molecule has 1 fully saturated rings. The molecule has 0 aliphatic carbocycles. The summed E-state index contributed by atoms with van der Waals surface area (Å²) < 4.78 is 0. The van der Waals surface area contributed by atoms with Crippen molar-refractivity contribution < 1.29 is 4.79 Å². The van der Waals surface area contributed by atoms with Gasteiger partial charge in [-0.05, 0) is 24.8 Å². The van der Waals surface area contributed by atoms with E-state index < -0.39 is 0 Å². The molecule has 1 aliphatic rings. The standard InChI is InChI=1S/C19H25N5O2/c20-19-21-16(14-17(25)22-19)23-10-12-24(13-11-23)18(26)9-5-4-8-15-6-2-1-3-7-15/h1-3,6-7,14H,4-5,8-13H2,(H3,20,21,22,25). The first kappa shape index (κ1) is 18.0. The highest BCUT2D eigenvalue weighted by Gasteiger charge is 2.21. The van der Waals surface area contributed by atoms with Gasteiger partial charge in [0.15, 0.2) is 0 Å². The molecule has 1 aromatic carbocycles. The normalized spacial score (nSPS) is 14.5. The van der Waals surface area contributed by atoms with Crippen LogP contribution in [-0.2, 0) is 11.2 Å². The summed E-state index contributed by atoms with van der Waals surface area (Å²) in [6.45, 7) is 2.61. The summed E-state index contributed by atoms with van der Waals surface area (Å²) >= 11 is 0. The molecular formula is C19H25N5O2.